The SMILES string of the molecule is COc1ccccc1-c1ccc2oc([C@H]3CCCN3C(=O)c3ccccc3C)nc2c1. The zero-order valence-electron chi connectivity index (χ0n) is 17.7. The van der Waals surface area contributed by atoms with Gasteiger partial charge >= 0.3 is 0 Å². The summed E-state index contributed by atoms with van der Waals surface area (Å²) in [5, 5.41) is 0. The van der Waals surface area contributed by atoms with Gasteiger partial charge in [0, 0.05) is 17.7 Å². The molecule has 0 aliphatic carbocycles. The van der Waals surface area contributed by atoms with E-state index in [4.69, 9.17) is 14.1 Å². The van der Waals surface area contributed by atoms with Gasteiger partial charge in [-0.05, 0) is 55.2 Å². The number of aromatic nitrogens is 1. The van der Waals surface area contributed by atoms with E-state index in [9.17, 15) is 4.79 Å². The summed E-state index contributed by atoms with van der Waals surface area (Å²) in [5.41, 5.74) is 5.26. The Bertz CT molecular complexity index is 1260. The molecule has 0 spiro atoms. The number of hydrogen-bond donors (Lipinski definition) is 0. The number of methoxy groups -OCH3 is 1. The van der Waals surface area contributed by atoms with Crippen molar-refractivity contribution in [3.63, 3.8) is 0 Å². The molecular formula is C26H24N2O3. The molecule has 0 bridgehead atoms. The van der Waals surface area contributed by atoms with Gasteiger partial charge in [0.2, 0.25) is 5.89 Å². The predicted octanol–water partition coefficient (Wildman–Crippen LogP) is 5.79. The Morgan fingerprint density at radius 3 is 2.74 bits per heavy atom. The van der Waals surface area contributed by atoms with Crippen LogP contribution in [0.5, 0.6) is 5.75 Å². The van der Waals surface area contributed by atoms with E-state index in [1.165, 1.54) is 0 Å². The average Bonchev–Trinajstić information content (AvgIpc) is 3.45. The molecule has 2 heterocycles. The molecule has 1 aromatic heterocycles. The molecule has 1 saturated heterocycles. The highest BCUT2D eigenvalue weighted by molar-refractivity contribution is 5.96. The lowest BCUT2D eigenvalue weighted by molar-refractivity contribution is 0.0716. The Hall–Kier alpha value is -3.60. The largest absolute Gasteiger partial charge is 0.496 e. The summed E-state index contributed by atoms with van der Waals surface area (Å²) in [6.45, 7) is 2.68. The van der Waals surface area contributed by atoms with Crippen LogP contribution in [0.3, 0.4) is 0 Å². The van der Waals surface area contributed by atoms with E-state index in [1.807, 2.05) is 78.6 Å². The highest BCUT2D eigenvalue weighted by Gasteiger charge is 2.34. The summed E-state index contributed by atoms with van der Waals surface area (Å²) in [6, 6.07) is 21.5. The maximum absolute atomic E-state index is 13.2. The highest BCUT2D eigenvalue weighted by atomic mass is 16.5. The number of hydrogen-bond acceptors (Lipinski definition) is 4. The summed E-state index contributed by atoms with van der Waals surface area (Å²) in [6.07, 6.45) is 1.79. The van der Waals surface area contributed by atoms with Crippen LogP contribution in [0.2, 0.25) is 0 Å². The predicted molar refractivity (Wildman–Crippen MR) is 120 cm³/mol. The topological polar surface area (TPSA) is 55.6 Å². The Morgan fingerprint density at radius 1 is 1.10 bits per heavy atom. The van der Waals surface area contributed by atoms with Crippen molar-refractivity contribution in [3.8, 4) is 16.9 Å². The number of ether oxygens (including phenoxy) is 1. The van der Waals surface area contributed by atoms with Crippen molar-refractivity contribution >= 4 is 17.0 Å². The summed E-state index contributed by atoms with van der Waals surface area (Å²) in [4.78, 5) is 19.9. The molecular weight excluding hydrogens is 388 g/mol. The fourth-order valence-corrected chi connectivity index (χ4v) is 4.37. The second kappa shape index (κ2) is 7.91. The first-order valence-electron chi connectivity index (χ1n) is 10.6. The van der Waals surface area contributed by atoms with Crippen molar-refractivity contribution in [1.29, 1.82) is 0 Å². The van der Waals surface area contributed by atoms with Gasteiger partial charge in [-0.15, -0.1) is 0 Å². The van der Waals surface area contributed by atoms with Gasteiger partial charge in [-0.3, -0.25) is 4.79 Å². The monoisotopic (exact) mass is 412 g/mol. The number of amides is 1. The minimum absolute atomic E-state index is 0.0394. The molecule has 156 valence electrons. The molecule has 4 aromatic rings. The van der Waals surface area contributed by atoms with E-state index < -0.39 is 0 Å². The first-order chi connectivity index (χ1) is 15.2. The van der Waals surface area contributed by atoms with E-state index in [-0.39, 0.29) is 11.9 Å². The van der Waals surface area contributed by atoms with Crippen LogP contribution in [0.25, 0.3) is 22.2 Å². The standard InChI is InChI=1S/C26H24N2O3/c1-17-8-3-4-9-19(17)26(29)28-15-7-11-22(28)25-27-21-16-18(13-14-24(21)31-25)20-10-5-6-12-23(20)30-2/h3-6,8-10,12-14,16,22H,7,11,15H2,1-2H3/t22-/m1/s1. The fourth-order valence-electron chi connectivity index (χ4n) is 4.37. The van der Waals surface area contributed by atoms with Crippen molar-refractivity contribution in [2.45, 2.75) is 25.8 Å². The minimum Gasteiger partial charge on any atom is -0.496 e. The van der Waals surface area contributed by atoms with E-state index in [1.54, 1.807) is 7.11 Å². The van der Waals surface area contributed by atoms with Crippen LogP contribution in [0.1, 0.15) is 40.7 Å². The number of carbonyl (C=O) groups excluding carboxylic acids is 1. The van der Waals surface area contributed by atoms with Crippen LogP contribution in [-0.4, -0.2) is 29.4 Å². The molecule has 1 atom stereocenters. The molecule has 0 radical (unpaired) electrons. The molecule has 1 aliphatic rings. The molecule has 0 N–H and O–H groups in total. The van der Waals surface area contributed by atoms with Gasteiger partial charge in [0.05, 0.1) is 7.11 Å². The van der Waals surface area contributed by atoms with Crippen molar-refractivity contribution in [3.05, 3.63) is 83.7 Å². The Morgan fingerprint density at radius 2 is 1.90 bits per heavy atom. The third-order valence-corrected chi connectivity index (χ3v) is 6.00. The van der Waals surface area contributed by atoms with Gasteiger partial charge in [-0.1, -0.05) is 42.5 Å². The minimum atomic E-state index is -0.144. The van der Waals surface area contributed by atoms with Crippen LogP contribution in [-0.2, 0) is 0 Å². The number of nitrogens with zero attached hydrogens (tertiary/aromatic N) is 2. The van der Waals surface area contributed by atoms with Crippen LogP contribution >= 0.6 is 0 Å². The second-order valence-electron chi connectivity index (χ2n) is 7.91. The van der Waals surface area contributed by atoms with Gasteiger partial charge in [0.25, 0.3) is 5.91 Å². The number of benzene rings is 3. The lowest BCUT2D eigenvalue weighted by Gasteiger charge is -2.23. The van der Waals surface area contributed by atoms with Gasteiger partial charge < -0.3 is 14.1 Å². The van der Waals surface area contributed by atoms with E-state index in [0.29, 0.717) is 12.4 Å². The maximum atomic E-state index is 13.2. The number of oxazole rings is 1. The number of carbonyl (C=O) groups is 1. The number of fused-ring (bicyclic) bond motifs is 1. The van der Waals surface area contributed by atoms with Gasteiger partial charge in [0.15, 0.2) is 5.58 Å². The first-order valence-corrected chi connectivity index (χ1v) is 10.6. The summed E-state index contributed by atoms with van der Waals surface area (Å²) < 4.78 is 11.6. The van der Waals surface area contributed by atoms with Crippen molar-refractivity contribution < 1.29 is 13.9 Å². The van der Waals surface area contributed by atoms with E-state index >= 15 is 0 Å². The summed E-state index contributed by atoms with van der Waals surface area (Å²) >= 11 is 0. The van der Waals surface area contributed by atoms with E-state index in [0.717, 1.165) is 51.9 Å². The Labute approximate surface area is 181 Å². The Balaban J connectivity index is 1.49. The molecule has 5 heteroatoms. The van der Waals surface area contributed by atoms with Crippen LogP contribution < -0.4 is 4.74 Å². The smallest absolute Gasteiger partial charge is 0.254 e. The quantitative estimate of drug-likeness (QED) is 0.426. The van der Waals surface area contributed by atoms with Crippen LogP contribution in [0, 0.1) is 6.92 Å². The van der Waals surface area contributed by atoms with Crippen LogP contribution in [0.15, 0.2) is 71.1 Å². The normalized spacial score (nSPS) is 16.1. The molecule has 5 nitrogen and oxygen atoms in total. The molecule has 1 fully saturated rings. The fraction of sp³-hybridized carbons (Fsp3) is 0.231. The highest BCUT2D eigenvalue weighted by Crippen LogP contribution is 2.36. The summed E-state index contributed by atoms with van der Waals surface area (Å²) in [7, 11) is 1.67. The molecule has 31 heavy (non-hydrogen) atoms. The lowest BCUT2D eigenvalue weighted by atomic mass is 10.0. The zero-order valence-corrected chi connectivity index (χ0v) is 17.7. The number of para-hydroxylation sites is 1. The molecule has 1 amide bonds. The van der Waals surface area contributed by atoms with Crippen molar-refractivity contribution in [2.24, 2.45) is 0 Å². The third kappa shape index (κ3) is 3.46. The maximum Gasteiger partial charge on any atom is 0.254 e. The van der Waals surface area contributed by atoms with Crippen molar-refractivity contribution in [1.82, 2.24) is 9.88 Å². The second-order valence-corrected chi connectivity index (χ2v) is 7.91. The lowest BCUT2D eigenvalue weighted by Crippen LogP contribution is -2.31. The van der Waals surface area contributed by atoms with Gasteiger partial charge in [0.1, 0.15) is 17.3 Å². The number of aryl methyl sites for hydroxylation is 1. The van der Waals surface area contributed by atoms with E-state index in [2.05, 4.69) is 0 Å². The first kappa shape index (κ1) is 19.4. The molecule has 5 rings (SSSR count). The molecule has 3 aromatic carbocycles. The number of rotatable bonds is 4. The zero-order chi connectivity index (χ0) is 21.4. The molecule has 0 saturated carbocycles. The number of likely N-dealkylation sites (tertiary alicyclic amines) is 1. The van der Waals surface area contributed by atoms with Crippen LogP contribution in [0.4, 0.5) is 0 Å². The van der Waals surface area contributed by atoms with Gasteiger partial charge in [-0.2, -0.15) is 0 Å². The molecule has 1 aliphatic heterocycles. The average molecular weight is 412 g/mol. The van der Waals surface area contributed by atoms with Gasteiger partial charge in [-0.25, -0.2) is 4.98 Å². The summed E-state index contributed by atoms with van der Waals surface area (Å²) in [5.74, 6) is 1.46. The third-order valence-electron chi connectivity index (χ3n) is 6.00. The Kier molecular flexibility index (Phi) is 4.94. The molecule has 0 unspecified atom stereocenters. The van der Waals surface area contributed by atoms with Crippen molar-refractivity contribution in [2.75, 3.05) is 13.7 Å².